The number of amides is 2. The van der Waals surface area contributed by atoms with Gasteiger partial charge in [-0.1, -0.05) is 30.3 Å². The largest absolute Gasteiger partial charge is 0.491 e. The molecule has 1 atom stereocenters. The highest BCUT2D eigenvalue weighted by Gasteiger charge is 2.22. The van der Waals surface area contributed by atoms with Crippen molar-refractivity contribution in [3.8, 4) is 5.75 Å². The predicted molar refractivity (Wildman–Crippen MR) is 111 cm³/mol. The maximum absolute atomic E-state index is 13.9. The molecule has 0 saturated carbocycles. The van der Waals surface area contributed by atoms with Crippen molar-refractivity contribution < 1.29 is 13.9 Å². The fourth-order valence-electron chi connectivity index (χ4n) is 3.91. The molecule has 0 radical (unpaired) electrons. The number of carbonyl (C=O) groups is 1. The van der Waals surface area contributed by atoms with Crippen LogP contribution in [0.1, 0.15) is 5.56 Å². The fourth-order valence-corrected chi connectivity index (χ4v) is 3.91. The van der Waals surface area contributed by atoms with E-state index < -0.39 is 0 Å². The number of anilines is 1. The van der Waals surface area contributed by atoms with E-state index in [4.69, 9.17) is 4.74 Å². The van der Waals surface area contributed by atoms with Gasteiger partial charge in [0.25, 0.3) is 0 Å². The summed E-state index contributed by atoms with van der Waals surface area (Å²) in [6.07, 6.45) is 0.779. The van der Waals surface area contributed by atoms with Crippen LogP contribution in [0.15, 0.2) is 48.5 Å². The van der Waals surface area contributed by atoms with Crippen LogP contribution in [0.3, 0.4) is 0 Å². The summed E-state index contributed by atoms with van der Waals surface area (Å²) in [6.45, 7) is 5.12. The highest BCUT2D eigenvalue weighted by Crippen LogP contribution is 2.23. The molecule has 2 amide bonds. The maximum atomic E-state index is 13.9. The molecule has 0 aliphatic carbocycles. The zero-order chi connectivity index (χ0) is 20.1. The molecule has 6 nitrogen and oxygen atoms in total. The molecule has 0 spiro atoms. The summed E-state index contributed by atoms with van der Waals surface area (Å²) >= 11 is 0. The normalized spacial score (nSPS) is 19.2. The van der Waals surface area contributed by atoms with Gasteiger partial charge in [0.05, 0.1) is 11.7 Å². The Hall–Kier alpha value is -2.80. The van der Waals surface area contributed by atoms with E-state index in [1.54, 1.807) is 6.07 Å². The highest BCUT2D eigenvalue weighted by atomic mass is 19.1. The lowest BCUT2D eigenvalue weighted by Crippen LogP contribution is -2.51. The van der Waals surface area contributed by atoms with E-state index in [2.05, 4.69) is 20.4 Å². The number of halogens is 1. The Morgan fingerprint density at radius 2 is 1.83 bits per heavy atom. The summed E-state index contributed by atoms with van der Waals surface area (Å²) in [4.78, 5) is 16.6. The SMILES string of the molecule is O=C(NCCN1CCN(c2ccccc2F)CC1)N[C@H]1COc2ccccc2C1. The number of hydrogen-bond acceptors (Lipinski definition) is 4. The molecule has 2 aliphatic heterocycles. The van der Waals surface area contributed by atoms with Crippen LogP contribution in [0.5, 0.6) is 5.75 Å². The van der Waals surface area contributed by atoms with Gasteiger partial charge in [-0.25, -0.2) is 9.18 Å². The van der Waals surface area contributed by atoms with Crippen LogP contribution in [0.4, 0.5) is 14.9 Å². The maximum Gasteiger partial charge on any atom is 0.315 e. The molecule has 1 fully saturated rings. The highest BCUT2D eigenvalue weighted by molar-refractivity contribution is 5.74. The number of urea groups is 1. The summed E-state index contributed by atoms with van der Waals surface area (Å²) in [5.74, 6) is 0.731. The number of nitrogens with zero attached hydrogens (tertiary/aromatic N) is 2. The van der Waals surface area contributed by atoms with E-state index in [-0.39, 0.29) is 17.9 Å². The number of fused-ring (bicyclic) bond motifs is 1. The van der Waals surface area contributed by atoms with E-state index in [1.165, 1.54) is 6.07 Å². The zero-order valence-electron chi connectivity index (χ0n) is 16.4. The van der Waals surface area contributed by atoms with Gasteiger partial charge in [0.1, 0.15) is 18.2 Å². The van der Waals surface area contributed by atoms with Gasteiger partial charge < -0.3 is 20.3 Å². The van der Waals surface area contributed by atoms with Crippen molar-refractivity contribution in [2.75, 3.05) is 50.8 Å². The van der Waals surface area contributed by atoms with Crippen molar-refractivity contribution in [1.82, 2.24) is 15.5 Å². The third-order valence-electron chi connectivity index (χ3n) is 5.49. The van der Waals surface area contributed by atoms with Crippen LogP contribution < -0.4 is 20.3 Å². The van der Waals surface area contributed by atoms with Gasteiger partial charge in [-0.2, -0.15) is 0 Å². The lowest BCUT2D eigenvalue weighted by Gasteiger charge is -2.36. The summed E-state index contributed by atoms with van der Waals surface area (Å²) in [5, 5.41) is 5.92. The van der Waals surface area contributed by atoms with Gasteiger partial charge in [-0.3, -0.25) is 4.90 Å². The molecule has 2 N–H and O–H groups in total. The Kier molecular flexibility index (Phi) is 6.14. The number of para-hydroxylation sites is 2. The number of rotatable bonds is 5. The lowest BCUT2D eigenvalue weighted by molar-refractivity contribution is 0.211. The second-order valence-corrected chi connectivity index (χ2v) is 7.50. The Labute approximate surface area is 170 Å². The fraction of sp³-hybridized carbons (Fsp3) is 0.409. The molecule has 2 aromatic rings. The summed E-state index contributed by atoms with van der Waals surface area (Å²) < 4.78 is 19.6. The molecule has 0 bridgehead atoms. The van der Waals surface area contributed by atoms with Gasteiger partial charge in [-0.05, 0) is 30.2 Å². The number of benzene rings is 2. The molecular weight excluding hydrogens is 371 g/mol. The van der Waals surface area contributed by atoms with Crippen LogP contribution >= 0.6 is 0 Å². The van der Waals surface area contributed by atoms with Gasteiger partial charge in [0.2, 0.25) is 0 Å². The number of carbonyl (C=O) groups excluding carboxylic acids is 1. The van der Waals surface area contributed by atoms with Crippen LogP contribution in [0.2, 0.25) is 0 Å². The van der Waals surface area contributed by atoms with Gasteiger partial charge in [0.15, 0.2) is 0 Å². The minimum atomic E-state index is -0.173. The van der Waals surface area contributed by atoms with Gasteiger partial charge >= 0.3 is 6.03 Å². The third kappa shape index (κ3) is 4.98. The molecule has 154 valence electrons. The topological polar surface area (TPSA) is 56.8 Å². The third-order valence-corrected chi connectivity index (χ3v) is 5.49. The zero-order valence-corrected chi connectivity index (χ0v) is 16.4. The summed E-state index contributed by atoms with van der Waals surface area (Å²) in [5.41, 5.74) is 1.79. The second kappa shape index (κ2) is 9.13. The van der Waals surface area contributed by atoms with Crippen molar-refractivity contribution in [1.29, 1.82) is 0 Å². The monoisotopic (exact) mass is 398 g/mol. The summed E-state index contributed by atoms with van der Waals surface area (Å²) in [6, 6.07) is 14.6. The first-order valence-corrected chi connectivity index (χ1v) is 10.2. The van der Waals surface area contributed by atoms with Gasteiger partial charge in [0, 0.05) is 39.3 Å². The molecule has 0 unspecified atom stereocenters. The minimum absolute atomic E-state index is 0.0192. The van der Waals surface area contributed by atoms with Gasteiger partial charge in [-0.15, -0.1) is 0 Å². The Balaban J connectivity index is 1.15. The number of ether oxygens (including phenoxy) is 1. The molecule has 2 heterocycles. The van der Waals surface area contributed by atoms with E-state index in [0.717, 1.165) is 50.5 Å². The average Bonchev–Trinajstić information content (AvgIpc) is 2.75. The quantitative estimate of drug-likeness (QED) is 0.811. The van der Waals surface area contributed by atoms with E-state index in [9.17, 15) is 9.18 Å². The molecule has 2 aliphatic rings. The molecule has 2 aromatic carbocycles. The first-order valence-electron chi connectivity index (χ1n) is 10.2. The van der Waals surface area contributed by atoms with Crippen molar-refractivity contribution in [2.45, 2.75) is 12.5 Å². The molecular formula is C22H27FN4O2. The van der Waals surface area contributed by atoms with Crippen LogP contribution in [-0.4, -0.2) is 62.8 Å². The Morgan fingerprint density at radius 1 is 1.07 bits per heavy atom. The molecule has 29 heavy (non-hydrogen) atoms. The van der Waals surface area contributed by atoms with Crippen molar-refractivity contribution >= 4 is 11.7 Å². The van der Waals surface area contributed by atoms with E-state index >= 15 is 0 Å². The van der Waals surface area contributed by atoms with Crippen LogP contribution in [0.25, 0.3) is 0 Å². The first kappa shape index (κ1) is 19.5. The lowest BCUT2D eigenvalue weighted by atomic mass is 10.0. The standard InChI is InChI=1S/C22H27FN4O2/c23-19-6-2-3-7-20(19)27-13-11-26(12-14-27)10-9-24-22(28)25-18-15-17-5-1-4-8-21(17)29-16-18/h1-8,18H,9-16H2,(H2,24,25,28)/t18-/m1/s1. The predicted octanol–water partition coefficient (Wildman–Crippen LogP) is 2.25. The van der Waals surface area contributed by atoms with Crippen molar-refractivity contribution in [3.05, 3.63) is 59.9 Å². The van der Waals surface area contributed by atoms with E-state index in [0.29, 0.717) is 18.8 Å². The number of nitrogens with one attached hydrogen (secondary N) is 2. The minimum Gasteiger partial charge on any atom is -0.491 e. The van der Waals surface area contributed by atoms with Crippen LogP contribution in [-0.2, 0) is 6.42 Å². The summed E-state index contributed by atoms with van der Waals surface area (Å²) in [7, 11) is 0. The number of piperazine rings is 1. The molecule has 4 rings (SSSR count). The first-order chi connectivity index (χ1) is 14.2. The number of hydrogen-bond donors (Lipinski definition) is 2. The average molecular weight is 398 g/mol. The molecule has 0 aromatic heterocycles. The van der Waals surface area contributed by atoms with Crippen molar-refractivity contribution in [3.63, 3.8) is 0 Å². The smallest absolute Gasteiger partial charge is 0.315 e. The van der Waals surface area contributed by atoms with Crippen molar-refractivity contribution in [2.24, 2.45) is 0 Å². The molecule has 1 saturated heterocycles. The van der Waals surface area contributed by atoms with E-state index in [1.807, 2.05) is 36.4 Å². The second-order valence-electron chi connectivity index (χ2n) is 7.50. The Morgan fingerprint density at radius 3 is 2.66 bits per heavy atom. The van der Waals surface area contributed by atoms with Crippen LogP contribution in [0, 0.1) is 5.82 Å². The molecule has 7 heteroatoms. The Bertz CT molecular complexity index is 839.